The van der Waals surface area contributed by atoms with Gasteiger partial charge in [-0.25, -0.2) is 13.8 Å². The molecule has 2 nitrogen and oxygen atoms in total. The zero-order chi connectivity index (χ0) is 8.59. The van der Waals surface area contributed by atoms with Crippen molar-refractivity contribution in [2.75, 3.05) is 0 Å². The Hall–Kier alpha value is -0.450. The van der Waals surface area contributed by atoms with Crippen molar-refractivity contribution in [1.82, 2.24) is 9.55 Å². The third-order valence-corrected chi connectivity index (χ3v) is 2.28. The number of hydrogen-bond donors (Lipinski definition) is 0. The van der Waals surface area contributed by atoms with Crippen molar-refractivity contribution in [3.8, 4) is 0 Å². The molecule has 0 saturated heterocycles. The van der Waals surface area contributed by atoms with Gasteiger partial charge in [0.25, 0.3) is 6.43 Å². The number of aromatic nitrogens is 2. The van der Waals surface area contributed by atoms with Crippen LogP contribution in [0.4, 0.5) is 8.78 Å². The maximum absolute atomic E-state index is 12.1. The highest BCUT2D eigenvalue weighted by Gasteiger charge is 2.17. The summed E-state index contributed by atoms with van der Waals surface area (Å²) in [6, 6.07) is 0. The van der Waals surface area contributed by atoms with E-state index in [4.69, 9.17) is 0 Å². The summed E-state index contributed by atoms with van der Waals surface area (Å²) < 4.78 is 26.3. The van der Waals surface area contributed by atoms with Crippen LogP contribution in [-0.2, 0) is 7.05 Å². The molecule has 1 aromatic heterocycles. The first kappa shape index (κ1) is 8.64. The number of imidazole rings is 1. The lowest BCUT2D eigenvalue weighted by Crippen LogP contribution is -1.92. The van der Waals surface area contributed by atoms with E-state index in [0.29, 0.717) is 10.4 Å². The lowest BCUT2D eigenvalue weighted by molar-refractivity contribution is 0.145. The first-order valence-corrected chi connectivity index (χ1v) is 3.80. The van der Waals surface area contributed by atoms with Crippen molar-refractivity contribution < 1.29 is 8.78 Å². The van der Waals surface area contributed by atoms with Gasteiger partial charge < -0.3 is 4.57 Å². The van der Waals surface area contributed by atoms with E-state index in [0.717, 1.165) is 0 Å². The number of hydrogen-bond acceptors (Lipinski definition) is 1. The zero-order valence-electron chi connectivity index (χ0n) is 6.11. The summed E-state index contributed by atoms with van der Waals surface area (Å²) in [6.45, 7) is 1.61. The standard InChI is InChI=1S/C6H7BrF2N2/c1-3-4(5(8)9)10-6(7)11(3)2/h5H,1-2H3. The summed E-state index contributed by atoms with van der Waals surface area (Å²) in [6.07, 6.45) is -2.49. The van der Waals surface area contributed by atoms with E-state index in [9.17, 15) is 8.78 Å². The lowest BCUT2D eigenvalue weighted by atomic mass is 10.3. The molecule has 0 bridgehead atoms. The van der Waals surface area contributed by atoms with Gasteiger partial charge in [-0.3, -0.25) is 0 Å². The number of nitrogens with zero attached hydrogens (tertiary/aromatic N) is 2. The molecular formula is C6H7BrF2N2. The van der Waals surface area contributed by atoms with Gasteiger partial charge in [0.15, 0.2) is 4.73 Å². The molecule has 0 aliphatic carbocycles. The second-order valence-corrected chi connectivity index (χ2v) is 2.92. The van der Waals surface area contributed by atoms with Gasteiger partial charge >= 0.3 is 0 Å². The molecule has 0 aliphatic rings. The van der Waals surface area contributed by atoms with Gasteiger partial charge in [0.2, 0.25) is 0 Å². The third-order valence-electron chi connectivity index (χ3n) is 1.57. The molecule has 0 saturated carbocycles. The molecule has 62 valence electrons. The predicted molar refractivity (Wildman–Crippen MR) is 40.6 cm³/mol. The van der Waals surface area contributed by atoms with E-state index in [1.54, 1.807) is 18.5 Å². The van der Waals surface area contributed by atoms with E-state index in [1.807, 2.05) is 0 Å². The van der Waals surface area contributed by atoms with Crippen molar-refractivity contribution in [3.63, 3.8) is 0 Å². The van der Waals surface area contributed by atoms with Crippen LogP contribution in [0.15, 0.2) is 4.73 Å². The summed E-state index contributed by atoms with van der Waals surface area (Å²) in [5, 5.41) is 0. The summed E-state index contributed by atoms with van der Waals surface area (Å²) in [7, 11) is 1.68. The Labute approximate surface area is 71.4 Å². The van der Waals surface area contributed by atoms with Gasteiger partial charge in [-0.2, -0.15) is 0 Å². The molecule has 0 N–H and O–H groups in total. The molecule has 0 unspecified atom stereocenters. The Kier molecular flexibility index (Phi) is 2.27. The normalized spacial score (nSPS) is 11.1. The van der Waals surface area contributed by atoms with E-state index in [1.165, 1.54) is 0 Å². The van der Waals surface area contributed by atoms with Crippen LogP contribution in [0.2, 0.25) is 0 Å². The molecule has 5 heteroatoms. The third kappa shape index (κ3) is 1.42. The minimum Gasteiger partial charge on any atom is -0.326 e. The van der Waals surface area contributed by atoms with Crippen LogP contribution in [0.1, 0.15) is 17.8 Å². The molecule has 0 aliphatic heterocycles. The molecule has 1 aromatic rings. The van der Waals surface area contributed by atoms with Crippen LogP contribution in [0.3, 0.4) is 0 Å². The van der Waals surface area contributed by atoms with Gasteiger partial charge in [0, 0.05) is 12.7 Å². The van der Waals surface area contributed by atoms with Gasteiger partial charge in [0.1, 0.15) is 5.69 Å². The molecule has 11 heavy (non-hydrogen) atoms. The molecule has 1 heterocycles. The predicted octanol–water partition coefficient (Wildman–Crippen LogP) is 2.43. The maximum Gasteiger partial charge on any atom is 0.282 e. The van der Waals surface area contributed by atoms with Gasteiger partial charge in [-0.05, 0) is 22.9 Å². The SMILES string of the molecule is Cc1c(C(F)F)nc(Br)n1C. The fourth-order valence-corrected chi connectivity index (χ4v) is 1.23. The van der Waals surface area contributed by atoms with Crippen LogP contribution in [0.5, 0.6) is 0 Å². The maximum atomic E-state index is 12.1. The van der Waals surface area contributed by atoms with Crippen LogP contribution >= 0.6 is 15.9 Å². The van der Waals surface area contributed by atoms with Crippen molar-refractivity contribution >= 4 is 15.9 Å². The minimum atomic E-state index is -2.49. The first-order valence-electron chi connectivity index (χ1n) is 3.01. The van der Waals surface area contributed by atoms with Gasteiger partial charge in [0.05, 0.1) is 0 Å². The number of halogens is 3. The van der Waals surface area contributed by atoms with Crippen LogP contribution in [0, 0.1) is 6.92 Å². The van der Waals surface area contributed by atoms with Crippen LogP contribution < -0.4 is 0 Å². The molecule has 1 rings (SSSR count). The highest BCUT2D eigenvalue weighted by atomic mass is 79.9. The van der Waals surface area contributed by atoms with E-state index in [-0.39, 0.29) is 5.69 Å². The summed E-state index contributed by atoms with van der Waals surface area (Å²) in [5.74, 6) is 0. The average molecular weight is 225 g/mol. The second kappa shape index (κ2) is 2.89. The summed E-state index contributed by atoms with van der Waals surface area (Å²) in [4.78, 5) is 3.64. The lowest BCUT2D eigenvalue weighted by Gasteiger charge is -1.96. The first-order chi connectivity index (χ1) is 5.04. The number of alkyl halides is 2. The Balaban J connectivity index is 3.19. The van der Waals surface area contributed by atoms with Crippen LogP contribution in [-0.4, -0.2) is 9.55 Å². The topological polar surface area (TPSA) is 17.8 Å². The second-order valence-electron chi connectivity index (χ2n) is 2.21. The van der Waals surface area contributed by atoms with Crippen molar-refractivity contribution in [2.24, 2.45) is 7.05 Å². The highest BCUT2D eigenvalue weighted by Crippen LogP contribution is 2.23. The Morgan fingerprint density at radius 1 is 1.55 bits per heavy atom. The molecule has 0 aromatic carbocycles. The Morgan fingerprint density at radius 3 is 2.27 bits per heavy atom. The molecule has 0 fully saturated rings. The van der Waals surface area contributed by atoms with Crippen molar-refractivity contribution in [3.05, 3.63) is 16.1 Å². The van der Waals surface area contributed by atoms with Crippen LogP contribution in [0.25, 0.3) is 0 Å². The smallest absolute Gasteiger partial charge is 0.282 e. The Morgan fingerprint density at radius 2 is 2.09 bits per heavy atom. The summed E-state index contributed by atoms with van der Waals surface area (Å²) in [5.41, 5.74) is 0.339. The quantitative estimate of drug-likeness (QED) is 0.717. The highest BCUT2D eigenvalue weighted by molar-refractivity contribution is 9.10. The fraction of sp³-hybridized carbons (Fsp3) is 0.500. The zero-order valence-corrected chi connectivity index (χ0v) is 7.69. The molecule has 0 atom stereocenters. The summed E-state index contributed by atoms with van der Waals surface area (Å²) >= 11 is 3.05. The van der Waals surface area contributed by atoms with E-state index < -0.39 is 6.43 Å². The number of rotatable bonds is 1. The monoisotopic (exact) mass is 224 g/mol. The molecular weight excluding hydrogens is 218 g/mol. The minimum absolute atomic E-state index is 0.153. The Bertz CT molecular complexity index is 270. The van der Waals surface area contributed by atoms with E-state index in [2.05, 4.69) is 20.9 Å². The van der Waals surface area contributed by atoms with Crippen molar-refractivity contribution in [2.45, 2.75) is 13.3 Å². The molecule has 0 spiro atoms. The van der Waals surface area contributed by atoms with E-state index >= 15 is 0 Å². The average Bonchev–Trinajstić information content (AvgIpc) is 2.17. The largest absolute Gasteiger partial charge is 0.326 e. The fourth-order valence-electron chi connectivity index (χ4n) is 0.772. The molecule has 0 amide bonds. The molecule has 0 radical (unpaired) electrons. The van der Waals surface area contributed by atoms with Gasteiger partial charge in [-0.15, -0.1) is 0 Å². The van der Waals surface area contributed by atoms with Crippen molar-refractivity contribution in [1.29, 1.82) is 0 Å². The van der Waals surface area contributed by atoms with Gasteiger partial charge in [-0.1, -0.05) is 0 Å².